The zero-order valence-corrected chi connectivity index (χ0v) is 8.20. The lowest BCUT2D eigenvalue weighted by molar-refractivity contribution is 0.0926. The van der Waals surface area contributed by atoms with Crippen molar-refractivity contribution in [2.45, 2.75) is 12.5 Å². The Morgan fingerprint density at radius 1 is 1.47 bits per heavy atom. The Labute approximate surface area is 87.2 Å². The number of amides is 1. The molecule has 0 spiro atoms. The number of halogens is 1. The van der Waals surface area contributed by atoms with Crippen LogP contribution in [-0.4, -0.2) is 25.2 Å². The van der Waals surface area contributed by atoms with Gasteiger partial charge in [-0.05, 0) is 18.6 Å². The molecule has 1 heterocycles. The maximum atomic E-state index is 13.2. The number of rotatable bonds is 2. The Morgan fingerprint density at radius 2 is 2.27 bits per heavy atom. The van der Waals surface area contributed by atoms with Crippen molar-refractivity contribution in [3.8, 4) is 0 Å². The standard InChI is InChI=1S/C11H12FNO2/c12-10-4-2-1-3-9(10)11(14)13-8-5-6-15-7-8/h1-4,8H,5-7H2,(H,13,14)/t8-/m1/s1. The van der Waals surface area contributed by atoms with Gasteiger partial charge in [0, 0.05) is 6.61 Å². The summed E-state index contributed by atoms with van der Waals surface area (Å²) in [5, 5.41) is 2.73. The zero-order chi connectivity index (χ0) is 10.7. The third-order valence-electron chi connectivity index (χ3n) is 2.38. The van der Waals surface area contributed by atoms with Gasteiger partial charge >= 0.3 is 0 Å². The highest BCUT2D eigenvalue weighted by atomic mass is 19.1. The van der Waals surface area contributed by atoms with Crippen LogP contribution >= 0.6 is 0 Å². The van der Waals surface area contributed by atoms with E-state index in [4.69, 9.17) is 4.74 Å². The fourth-order valence-corrected chi connectivity index (χ4v) is 1.56. The number of ether oxygens (including phenoxy) is 1. The van der Waals surface area contributed by atoms with Gasteiger partial charge in [-0.3, -0.25) is 4.79 Å². The second-order valence-corrected chi connectivity index (χ2v) is 3.51. The summed E-state index contributed by atoms with van der Waals surface area (Å²) in [4.78, 5) is 11.6. The second-order valence-electron chi connectivity index (χ2n) is 3.51. The van der Waals surface area contributed by atoms with Crippen LogP contribution in [0.4, 0.5) is 4.39 Å². The molecule has 2 rings (SSSR count). The summed E-state index contributed by atoms with van der Waals surface area (Å²) in [5.41, 5.74) is 0.0874. The van der Waals surface area contributed by atoms with Crippen molar-refractivity contribution in [1.29, 1.82) is 0 Å². The van der Waals surface area contributed by atoms with Crippen LogP contribution in [0.25, 0.3) is 0 Å². The zero-order valence-electron chi connectivity index (χ0n) is 8.20. The molecule has 0 aromatic heterocycles. The maximum absolute atomic E-state index is 13.2. The maximum Gasteiger partial charge on any atom is 0.254 e. The smallest absolute Gasteiger partial charge is 0.254 e. The first-order chi connectivity index (χ1) is 7.27. The molecule has 4 heteroatoms. The topological polar surface area (TPSA) is 38.3 Å². The van der Waals surface area contributed by atoms with E-state index in [1.54, 1.807) is 12.1 Å². The van der Waals surface area contributed by atoms with Crippen molar-refractivity contribution in [3.63, 3.8) is 0 Å². The molecule has 1 saturated heterocycles. The van der Waals surface area contributed by atoms with Gasteiger partial charge in [0.15, 0.2) is 0 Å². The molecule has 0 radical (unpaired) electrons. The summed E-state index contributed by atoms with van der Waals surface area (Å²) in [5.74, 6) is -0.863. The number of hydrogen-bond acceptors (Lipinski definition) is 2. The molecule has 1 fully saturated rings. The lowest BCUT2D eigenvalue weighted by Crippen LogP contribution is -2.35. The van der Waals surface area contributed by atoms with Gasteiger partial charge in [0.1, 0.15) is 5.82 Å². The van der Waals surface area contributed by atoms with Crippen LogP contribution in [0.3, 0.4) is 0 Å². The first-order valence-corrected chi connectivity index (χ1v) is 4.90. The second kappa shape index (κ2) is 4.40. The van der Waals surface area contributed by atoms with Crippen LogP contribution in [0.2, 0.25) is 0 Å². The van der Waals surface area contributed by atoms with E-state index in [1.807, 2.05) is 0 Å². The summed E-state index contributed by atoms with van der Waals surface area (Å²) in [6, 6.07) is 5.96. The lowest BCUT2D eigenvalue weighted by Gasteiger charge is -2.10. The minimum Gasteiger partial charge on any atom is -0.379 e. The summed E-state index contributed by atoms with van der Waals surface area (Å²) in [6.07, 6.45) is 0.792. The van der Waals surface area contributed by atoms with Crippen LogP contribution in [0.1, 0.15) is 16.8 Å². The lowest BCUT2D eigenvalue weighted by atomic mass is 10.2. The molecule has 3 nitrogen and oxygen atoms in total. The van der Waals surface area contributed by atoms with Crippen molar-refractivity contribution in [2.24, 2.45) is 0 Å². The Kier molecular flexibility index (Phi) is 2.97. The minimum atomic E-state index is -0.492. The van der Waals surface area contributed by atoms with Crippen molar-refractivity contribution >= 4 is 5.91 Å². The van der Waals surface area contributed by atoms with E-state index in [9.17, 15) is 9.18 Å². The molecule has 1 amide bonds. The number of carbonyl (C=O) groups excluding carboxylic acids is 1. The fraction of sp³-hybridized carbons (Fsp3) is 0.364. The van der Waals surface area contributed by atoms with Crippen molar-refractivity contribution in [3.05, 3.63) is 35.6 Å². The van der Waals surface area contributed by atoms with E-state index >= 15 is 0 Å². The highest BCUT2D eigenvalue weighted by Crippen LogP contribution is 2.08. The van der Waals surface area contributed by atoms with Gasteiger partial charge in [0.05, 0.1) is 18.2 Å². The third kappa shape index (κ3) is 2.33. The number of benzene rings is 1. The molecule has 1 atom stereocenters. The van der Waals surface area contributed by atoms with Crippen molar-refractivity contribution in [1.82, 2.24) is 5.32 Å². The quantitative estimate of drug-likeness (QED) is 0.798. The molecule has 0 aliphatic carbocycles. The molecular formula is C11H12FNO2. The SMILES string of the molecule is O=C(N[C@@H]1CCOC1)c1ccccc1F. The van der Waals surface area contributed by atoms with Crippen LogP contribution in [0.5, 0.6) is 0 Å². The summed E-state index contributed by atoms with van der Waals surface area (Å²) < 4.78 is 18.3. The molecule has 0 saturated carbocycles. The minimum absolute atomic E-state index is 0.0112. The highest BCUT2D eigenvalue weighted by molar-refractivity contribution is 5.94. The van der Waals surface area contributed by atoms with Crippen LogP contribution in [-0.2, 0) is 4.74 Å². The summed E-state index contributed by atoms with van der Waals surface area (Å²) >= 11 is 0. The van der Waals surface area contributed by atoms with E-state index < -0.39 is 5.82 Å². The Hall–Kier alpha value is -1.42. The molecule has 1 aliphatic rings. The molecule has 15 heavy (non-hydrogen) atoms. The number of carbonyl (C=O) groups is 1. The Balaban J connectivity index is 2.04. The van der Waals surface area contributed by atoms with Crippen LogP contribution in [0, 0.1) is 5.82 Å². The van der Waals surface area contributed by atoms with E-state index in [2.05, 4.69) is 5.32 Å². The van der Waals surface area contributed by atoms with Gasteiger partial charge in [-0.2, -0.15) is 0 Å². The first-order valence-electron chi connectivity index (χ1n) is 4.90. The number of nitrogens with one attached hydrogen (secondary N) is 1. The van der Waals surface area contributed by atoms with Gasteiger partial charge in [0.2, 0.25) is 0 Å². The molecule has 0 unspecified atom stereocenters. The fourth-order valence-electron chi connectivity index (χ4n) is 1.56. The molecular weight excluding hydrogens is 197 g/mol. The van der Waals surface area contributed by atoms with Gasteiger partial charge in [-0.1, -0.05) is 12.1 Å². The van der Waals surface area contributed by atoms with Gasteiger partial charge in [-0.15, -0.1) is 0 Å². The van der Waals surface area contributed by atoms with Crippen molar-refractivity contribution in [2.75, 3.05) is 13.2 Å². The highest BCUT2D eigenvalue weighted by Gasteiger charge is 2.19. The predicted octanol–water partition coefficient (Wildman–Crippen LogP) is 1.34. The average molecular weight is 209 g/mol. The van der Waals surface area contributed by atoms with Crippen LogP contribution < -0.4 is 5.32 Å². The van der Waals surface area contributed by atoms with Crippen molar-refractivity contribution < 1.29 is 13.9 Å². The van der Waals surface area contributed by atoms with Gasteiger partial charge in [0.25, 0.3) is 5.91 Å². The molecule has 80 valence electrons. The van der Waals surface area contributed by atoms with Gasteiger partial charge < -0.3 is 10.1 Å². The molecule has 1 aromatic carbocycles. The molecule has 0 bridgehead atoms. The van der Waals surface area contributed by atoms with Crippen LogP contribution in [0.15, 0.2) is 24.3 Å². The van der Waals surface area contributed by atoms with Gasteiger partial charge in [-0.25, -0.2) is 4.39 Å². The van der Waals surface area contributed by atoms with E-state index in [1.165, 1.54) is 12.1 Å². The predicted molar refractivity (Wildman–Crippen MR) is 53.1 cm³/mol. The summed E-state index contributed by atoms with van der Waals surface area (Å²) in [6.45, 7) is 1.17. The number of hydrogen-bond donors (Lipinski definition) is 1. The largest absolute Gasteiger partial charge is 0.379 e. The molecule has 1 aliphatic heterocycles. The Morgan fingerprint density at radius 3 is 2.93 bits per heavy atom. The van der Waals surface area contributed by atoms with E-state index in [0.717, 1.165) is 6.42 Å². The average Bonchev–Trinajstić information content (AvgIpc) is 2.71. The summed E-state index contributed by atoms with van der Waals surface area (Å²) in [7, 11) is 0. The monoisotopic (exact) mass is 209 g/mol. The third-order valence-corrected chi connectivity index (χ3v) is 2.38. The van der Waals surface area contributed by atoms with E-state index in [0.29, 0.717) is 13.2 Å². The molecule has 1 N–H and O–H groups in total. The van der Waals surface area contributed by atoms with E-state index in [-0.39, 0.29) is 17.5 Å². The first kappa shape index (κ1) is 10.1. The molecule has 1 aromatic rings. The Bertz CT molecular complexity index is 361. The normalized spacial score (nSPS) is 20.2.